The quantitative estimate of drug-likeness (QED) is 0.143. The number of esters is 1. The van der Waals surface area contributed by atoms with Gasteiger partial charge in [-0.2, -0.15) is 0 Å². The van der Waals surface area contributed by atoms with E-state index in [1.54, 1.807) is 27.7 Å². The van der Waals surface area contributed by atoms with Gasteiger partial charge in [-0.25, -0.2) is 4.79 Å². The van der Waals surface area contributed by atoms with Crippen molar-refractivity contribution in [1.29, 1.82) is 0 Å². The maximum Gasteiger partial charge on any atom is 0.326 e. The van der Waals surface area contributed by atoms with E-state index in [9.17, 15) is 28.8 Å². The number of nitrogens with two attached hydrogens (primary N) is 1. The molecule has 1 aromatic carbocycles. The summed E-state index contributed by atoms with van der Waals surface area (Å²) in [6.45, 7) is 6.49. The normalized spacial score (nSPS) is 20.3. The zero-order valence-corrected chi connectivity index (χ0v) is 26.8. The second-order valence-corrected chi connectivity index (χ2v) is 13.6. The third-order valence-electron chi connectivity index (χ3n) is 7.78. The van der Waals surface area contributed by atoms with Gasteiger partial charge in [0.2, 0.25) is 17.6 Å². The molecule has 1 saturated carbocycles. The van der Waals surface area contributed by atoms with E-state index in [1.165, 1.54) is 4.90 Å². The number of benzene rings is 1. The third kappa shape index (κ3) is 9.82. The van der Waals surface area contributed by atoms with Crippen molar-refractivity contribution in [2.45, 2.75) is 82.4 Å². The van der Waals surface area contributed by atoms with Crippen LogP contribution in [0.25, 0.3) is 0 Å². The SMILES string of the molecule is C[C@H](OC(=O)CNC(=O)NC(C(=O)N1C[C@H](C(Cl)Cl)C[C@H]1C(=O)NC(CC1CC1)C(=O)C(N)=O)C(C)(C)C)c1ccccc1. The number of amides is 5. The van der Waals surface area contributed by atoms with Gasteiger partial charge in [0.25, 0.3) is 5.91 Å². The van der Waals surface area contributed by atoms with Crippen LogP contribution in [-0.4, -0.2) is 76.5 Å². The molecule has 5 amide bonds. The standard InChI is InChI=1S/C30H41Cl2N5O7/c1-16(18-8-6-5-7-9-18)44-22(38)14-34-29(43)36-24(30(2,3)4)28(42)37-15-19(25(31)32)13-21(37)27(41)35-20(12-17-10-11-17)23(39)26(33)40/h5-9,16-17,19-21,24-25H,10-15H2,1-4H3,(H2,33,40)(H,35,41)(H2,34,36,43)/t16-,19+,20?,21-,24?/m0/s1. The Balaban J connectivity index is 1.69. The second kappa shape index (κ2) is 15.1. The highest BCUT2D eigenvalue weighted by Crippen LogP contribution is 2.35. The predicted octanol–water partition coefficient (Wildman–Crippen LogP) is 2.36. The highest BCUT2D eigenvalue weighted by molar-refractivity contribution is 6.44. The zero-order valence-electron chi connectivity index (χ0n) is 25.3. The third-order valence-corrected chi connectivity index (χ3v) is 8.49. The van der Waals surface area contributed by atoms with Gasteiger partial charge >= 0.3 is 12.0 Å². The van der Waals surface area contributed by atoms with Crippen LogP contribution in [-0.2, 0) is 28.7 Å². The first kappa shape index (κ1) is 35.1. The van der Waals surface area contributed by atoms with Gasteiger partial charge in [0.1, 0.15) is 29.6 Å². The number of carbonyl (C=O) groups excluding carboxylic acids is 6. The molecule has 1 aliphatic heterocycles. The van der Waals surface area contributed by atoms with Gasteiger partial charge in [-0.05, 0) is 36.7 Å². The second-order valence-electron chi connectivity index (χ2n) is 12.5. The lowest BCUT2D eigenvalue weighted by molar-refractivity contribution is -0.147. The highest BCUT2D eigenvalue weighted by atomic mass is 35.5. The monoisotopic (exact) mass is 653 g/mol. The molecule has 2 fully saturated rings. The molecule has 0 aromatic heterocycles. The lowest BCUT2D eigenvalue weighted by Gasteiger charge is -2.35. The number of likely N-dealkylation sites (tertiary alicyclic amines) is 1. The predicted molar refractivity (Wildman–Crippen MR) is 163 cm³/mol. The first-order valence-electron chi connectivity index (χ1n) is 14.6. The minimum atomic E-state index is -1.16. The zero-order chi connectivity index (χ0) is 32.8. The first-order chi connectivity index (χ1) is 20.6. The lowest BCUT2D eigenvalue weighted by Crippen LogP contribution is -2.60. The molecule has 1 saturated heterocycles. The van der Waals surface area contributed by atoms with E-state index in [2.05, 4.69) is 16.0 Å². The fourth-order valence-electron chi connectivity index (χ4n) is 5.08. The molecule has 0 spiro atoms. The van der Waals surface area contributed by atoms with Crippen LogP contribution in [0.3, 0.4) is 0 Å². The number of alkyl halides is 2. The first-order valence-corrected chi connectivity index (χ1v) is 15.5. The van der Waals surface area contributed by atoms with Crippen molar-refractivity contribution in [3.8, 4) is 0 Å². The van der Waals surface area contributed by atoms with Crippen molar-refractivity contribution in [2.75, 3.05) is 13.1 Å². The van der Waals surface area contributed by atoms with E-state index >= 15 is 0 Å². The lowest BCUT2D eigenvalue weighted by atomic mass is 9.85. The summed E-state index contributed by atoms with van der Waals surface area (Å²) in [4.78, 5) is 77.1. The van der Waals surface area contributed by atoms with Gasteiger partial charge in [-0.3, -0.25) is 24.0 Å². The minimum absolute atomic E-state index is 0.0191. The molecule has 2 unspecified atom stereocenters. The molecule has 5 atom stereocenters. The minimum Gasteiger partial charge on any atom is -0.456 e. The Morgan fingerprint density at radius 2 is 1.68 bits per heavy atom. The number of ether oxygens (including phenoxy) is 1. The van der Waals surface area contributed by atoms with Crippen LogP contribution < -0.4 is 21.7 Å². The molecule has 1 aromatic rings. The summed E-state index contributed by atoms with van der Waals surface area (Å²) >= 11 is 12.3. The van der Waals surface area contributed by atoms with Crippen LogP contribution in [0.4, 0.5) is 4.79 Å². The number of carbonyl (C=O) groups is 6. The maximum absolute atomic E-state index is 14.0. The molecule has 14 heteroatoms. The number of hydrogen-bond acceptors (Lipinski definition) is 7. The van der Waals surface area contributed by atoms with Crippen molar-refractivity contribution in [3.63, 3.8) is 0 Å². The Kier molecular flexibility index (Phi) is 12.0. The Labute approximate surface area is 267 Å². The van der Waals surface area contributed by atoms with E-state index in [0.717, 1.165) is 18.4 Å². The summed E-state index contributed by atoms with van der Waals surface area (Å²) in [5.74, 6) is -4.24. The van der Waals surface area contributed by atoms with Gasteiger partial charge < -0.3 is 31.3 Å². The Bertz CT molecular complexity index is 1240. The van der Waals surface area contributed by atoms with E-state index in [1.807, 2.05) is 30.3 Å². The average molecular weight is 655 g/mol. The molecule has 3 rings (SSSR count). The van der Waals surface area contributed by atoms with Crippen LogP contribution in [0.15, 0.2) is 30.3 Å². The molecule has 1 aliphatic carbocycles. The smallest absolute Gasteiger partial charge is 0.326 e. The fourth-order valence-corrected chi connectivity index (χ4v) is 5.45. The van der Waals surface area contributed by atoms with Gasteiger partial charge in [-0.1, -0.05) is 63.9 Å². The van der Waals surface area contributed by atoms with Crippen molar-refractivity contribution < 1.29 is 33.5 Å². The Morgan fingerprint density at radius 1 is 1.05 bits per heavy atom. The number of hydrogen-bond donors (Lipinski definition) is 4. The van der Waals surface area contributed by atoms with Crippen molar-refractivity contribution in [1.82, 2.24) is 20.9 Å². The van der Waals surface area contributed by atoms with E-state index in [4.69, 9.17) is 33.7 Å². The topological polar surface area (TPSA) is 177 Å². The molecule has 12 nitrogen and oxygen atoms in total. The van der Waals surface area contributed by atoms with Crippen molar-refractivity contribution >= 4 is 58.7 Å². The number of primary amides is 1. The number of Topliss-reactive ketones (excluding diaryl/α,β-unsaturated/α-hetero) is 1. The van der Waals surface area contributed by atoms with Crippen LogP contribution in [0.1, 0.15) is 65.0 Å². The van der Waals surface area contributed by atoms with Crippen LogP contribution in [0.5, 0.6) is 0 Å². The Morgan fingerprint density at radius 3 is 2.23 bits per heavy atom. The van der Waals surface area contributed by atoms with E-state index in [0.29, 0.717) is 0 Å². The van der Waals surface area contributed by atoms with Crippen molar-refractivity contribution in [3.05, 3.63) is 35.9 Å². The fraction of sp³-hybridized carbons (Fsp3) is 0.600. The van der Waals surface area contributed by atoms with Crippen LogP contribution >= 0.6 is 23.2 Å². The number of nitrogens with zero attached hydrogens (tertiary/aromatic N) is 1. The summed E-state index contributed by atoms with van der Waals surface area (Å²) in [6, 6.07) is 5.00. The molecule has 5 N–H and O–H groups in total. The maximum atomic E-state index is 14.0. The molecule has 44 heavy (non-hydrogen) atoms. The molecular weight excluding hydrogens is 613 g/mol. The summed E-state index contributed by atoms with van der Waals surface area (Å²) in [5.41, 5.74) is 5.18. The molecule has 0 bridgehead atoms. The molecule has 0 radical (unpaired) electrons. The summed E-state index contributed by atoms with van der Waals surface area (Å²) in [5, 5.41) is 7.66. The van der Waals surface area contributed by atoms with Crippen molar-refractivity contribution in [2.24, 2.45) is 23.0 Å². The molecular formula is C30H41Cl2N5O7. The highest BCUT2D eigenvalue weighted by Gasteiger charge is 2.47. The number of rotatable bonds is 13. The number of nitrogens with one attached hydrogen (secondary N) is 3. The average Bonchev–Trinajstić information content (AvgIpc) is 3.66. The number of halogens is 2. The van der Waals surface area contributed by atoms with Gasteiger partial charge in [0, 0.05) is 12.5 Å². The Hall–Kier alpha value is -3.38. The number of ketones is 1. The van der Waals surface area contributed by atoms with E-state index in [-0.39, 0.29) is 25.3 Å². The largest absolute Gasteiger partial charge is 0.456 e. The molecule has 2 aliphatic rings. The van der Waals surface area contributed by atoms with Gasteiger partial charge in [0.15, 0.2) is 0 Å². The van der Waals surface area contributed by atoms with Gasteiger partial charge in [0.05, 0.1) is 6.04 Å². The summed E-state index contributed by atoms with van der Waals surface area (Å²) in [6.07, 6.45) is 1.59. The van der Waals surface area contributed by atoms with Crippen LogP contribution in [0.2, 0.25) is 0 Å². The summed E-state index contributed by atoms with van der Waals surface area (Å²) in [7, 11) is 0. The molecule has 242 valence electrons. The molecule has 1 heterocycles. The van der Waals surface area contributed by atoms with Crippen LogP contribution in [0, 0.1) is 17.3 Å². The van der Waals surface area contributed by atoms with E-state index < -0.39 is 82.4 Å². The summed E-state index contributed by atoms with van der Waals surface area (Å²) < 4.78 is 5.37. The van der Waals surface area contributed by atoms with Gasteiger partial charge in [-0.15, -0.1) is 23.2 Å². The number of urea groups is 1.